The third-order valence-corrected chi connectivity index (χ3v) is 1.98. The van der Waals surface area contributed by atoms with Gasteiger partial charge < -0.3 is 0 Å². The summed E-state index contributed by atoms with van der Waals surface area (Å²) in [6.07, 6.45) is 4.48. The Morgan fingerprint density at radius 1 is 1.62 bits per heavy atom. The van der Waals surface area contributed by atoms with E-state index in [0.717, 1.165) is 17.6 Å². The number of nitrogens with zero attached hydrogens (tertiary/aromatic N) is 2. The van der Waals surface area contributed by atoms with E-state index in [2.05, 4.69) is 5.10 Å². The first-order valence-corrected chi connectivity index (χ1v) is 4.30. The van der Waals surface area contributed by atoms with Crippen LogP contribution in [0, 0.1) is 5.92 Å². The molecule has 0 aliphatic carbocycles. The van der Waals surface area contributed by atoms with E-state index in [1.54, 1.807) is 10.9 Å². The summed E-state index contributed by atoms with van der Waals surface area (Å²) in [5.74, 6) is 0.257. The Morgan fingerprint density at radius 2 is 2.31 bits per heavy atom. The molecule has 0 unspecified atom stereocenters. The predicted octanol–water partition coefficient (Wildman–Crippen LogP) is 1.66. The molecule has 0 amide bonds. The maximum atomic E-state index is 10.7. The highest BCUT2D eigenvalue weighted by atomic mass is 16.1. The molecule has 0 aliphatic rings. The second kappa shape index (κ2) is 4.03. The lowest BCUT2D eigenvalue weighted by atomic mass is 10.0. The number of allylic oxidation sites excluding steroid dienone is 1. The van der Waals surface area contributed by atoms with Gasteiger partial charge in [0.15, 0.2) is 0 Å². The van der Waals surface area contributed by atoms with Gasteiger partial charge >= 0.3 is 0 Å². The number of aromatic nitrogens is 2. The summed E-state index contributed by atoms with van der Waals surface area (Å²) in [6, 6.07) is 1.88. The maximum Gasteiger partial charge on any atom is 0.146 e. The van der Waals surface area contributed by atoms with Crippen LogP contribution in [0.3, 0.4) is 0 Å². The third-order valence-electron chi connectivity index (χ3n) is 1.98. The second-order valence-corrected chi connectivity index (χ2v) is 3.30. The van der Waals surface area contributed by atoms with Crippen molar-refractivity contribution in [2.75, 3.05) is 0 Å². The zero-order valence-corrected chi connectivity index (χ0v) is 8.19. The van der Waals surface area contributed by atoms with Crippen LogP contribution in [0.1, 0.15) is 19.5 Å². The Bertz CT molecular complexity index is 323. The number of rotatable bonds is 3. The van der Waals surface area contributed by atoms with Crippen LogP contribution in [0.5, 0.6) is 0 Å². The molecule has 1 aromatic heterocycles. The highest BCUT2D eigenvalue weighted by Gasteiger charge is 2.02. The molecule has 13 heavy (non-hydrogen) atoms. The van der Waals surface area contributed by atoms with Crippen LogP contribution in [0.25, 0.3) is 6.08 Å². The SMILES string of the molecule is CC(C)C(C=O)=Cc1ccnn1C. The molecular formula is C10H14N2O. The molecule has 0 fully saturated rings. The average Bonchev–Trinajstić information content (AvgIpc) is 2.46. The number of hydrogen-bond acceptors (Lipinski definition) is 2. The molecule has 1 rings (SSSR count). The Hall–Kier alpha value is -1.38. The smallest absolute Gasteiger partial charge is 0.146 e. The van der Waals surface area contributed by atoms with Crippen molar-refractivity contribution in [1.82, 2.24) is 9.78 Å². The van der Waals surface area contributed by atoms with Crippen LogP contribution < -0.4 is 0 Å². The summed E-state index contributed by atoms with van der Waals surface area (Å²) < 4.78 is 1.74. The average molecular weight is 178 g/mol. The van der Waals surface area contributed by atoms with Crippen molar-refractivity contribution in [3.05, 3.63) is 23.5 Å². The fourth-order valence-electron chi connectivity index (χ4n) is 1.03. The summed E-state index contributed by atoms with van der Waals surface area (Å²) >= 11 is 0. The summed E-state index contributed by atoms with van der Waals surface area (Å²) in [5, 5.41) is 4.02. The van der Waals surface area contributed by atoms with E-state index in [0.29, 0.717) is 0 Å². The highest BCUT2D eigenvalue weighted by Crippen LogP contribution is 2.11. The Labute approximate surface area is 78.1 Å². The topological polar surface area (TPSA) is 34.9 Å². The molecule has 0 bridgehead atoms. The van der Waals surface area contributed by atoms with E-state index < -0.39 is 0 Å². The molecule has 0 aliphatic heterocycles. The summed E-state index contributed by atoms with van der Waals surface area (Å²) in [6.45, 7) is 3.99. The summed E-state index contributed by atoms with van der Waals surface area (Å²) in [4.78, 5) is 10.7. The minimum atomic E-state index is 0.257. The van der Waals surface area contributed by atoms with Crippen molar-refractivity contribution in [3.63, 3.8) is 0 Å². The van der Waals surface area contributed by atoms with Gasteiger partial charge in [0.1, 0.15) is 6.29 Å². The molecule has 1 heterocycles. The zero-order valence-electron chi connectivity index (χ0n) is 8.19. The largest absolute Gasteiger partial charge is 0.298 e. The molecule has 0 aromatic carbocycles. The van der Waals surface area contributed by atoms with Crippen LogP contribution in [0.2, 0.25) is 0 Å². The zero-order chi connectivity index (χ0) is 9.84. The molecule has 0 radical (unpaired) electrons. The Kier molecular flexibility index (Phi) is 3.01. The fraction of sp³-hybridized carbons (Fsp3) is 0.400. The standard InChI is InChI=1S/C10H14N2O/c1-8(2)9(7-13)6-10-4-5-11-12(10)3/h4-8H,1-3H3. The second-order valence-electron chi connectivity index (χ2n) is 3.30. The minimum Gasteiger partial charge on any atom is -0.298 e. The van der Waals surface area contributed by atoms with Crippen molar-refractivity contribution in [1.29, 1.82) is 0 Å². The Balaban J connectivity index is 2.98. The van der Waals surface area contributed by atoms with Crippen LogP contribution in [-0.4, -0.2) is 16.1 Å². The van der Waals surface area contributed by atoms with Gasteiger partial charge in [-0.1, -0.05) is 13.8 Å². The lowest BCUT2D eigenvalue weighted by molar-refractivity contribution is -0.105. The first-order chi connectivity index (χ1) is 6.15. The van der Waals surface area contributed by atoms with Crippen molar-refractivity contribution >= 4 is 12.4 Å². The number of aldehydes is 1. The van der Waals surface area contributed by atoms with Gasteiger partial charge in [0.05, 0.1) is 5.69 Å². The molecule has 3 heteroatoms. The first kappa shape index (κ1) is 9.71. The first-order valence-electron chi connectivity index (χ1n) is 4.30. The fourth-order valence-corrected chi connectivity index (χ4v) is 1.03. The van der Waals surface area contributed by atoms with E-state index in [9.17, 15) is 4.79 Å². The molecule has 0 saturated carbocycles. The van der Waals surface area contributed by atoms with Crippen LogP contribution in [-0.2, 0) is 11.8 Å². The van der Waals surface area contributed by atoms with Crippen LogP contribution in [0.4, 0.5) is 0 Å². The lowest BCUT2D eigenvalue weighted by Crippen LogP contribution is -1.98. The molecule has 0 saturated heterocycles. The van der Waals surface area contributed by atoms with E-state index in [-0.39, 0.29) is 5.92 Å². The monoisotopic (exact) mass is 178 g/mol. The Morgan fingerprint density at radius 3 is 2.69 bits per heavy atom. The third kappa shape index (κ3) is 2.28. The van der Waals surface area contributed by atoms with Gasteiger partial charge in [-0.15, -0.1) is 0 Å². The summed E-state index contributed by atoms with van der Waals surface area (Å²) in [7, 11) is 1.86. The van der Waals surface area contributed by atoms with Gasteiger partial charge in [0, 0.05) is 13.2 Å². The maximum absolute atomic E-state index is 10.7. The normalized spacial score (nSPS) is 12.2. The van der Waals surface area contributed by atoms with Gasteiger partial charge in [-0.25, -0.2) is 0 Å². The van der Waals surface area contributed by atoms with Crippen molar-refractivity contribution < 1.29 is 4.79 Å². The molecule has 0 atom stereocenters. The minimum absolute atomic E-state index is 0.257. The van der Waals surface area contributed by atoms with Crippen LogP contribution in [0.15, 0.2) is 17.8 Å². The van der Waals surface area contributed by atoms with Crippen LogP contribution >= 0.6 is 0 Å². The molecular weight excluding hydrogens is 164 g/mol. The summed E-state index contributed by atoms with van der Waals surface area (Å²) in [5.41, 5.74) is 1.75. The number of carbonyl (C=O) groups is 1. The lowest BCUT2D eigenvalue weighted by Gasteiger charge is -2.03. The quantitative estimate of drug-likeness (QED) is 0.521. The van der Waals surface area contributed by atoms with E-state index in [4.69, 9.17) is 0 Å². The number of hydrogen-bond donors (Lipinski definition) is 0. The molecule has 0 spiro atoms. The molecule has 70 valence electrons. The number of aryl methyl sites for hydroxylation is 1. The van der Waals surface area contributed by atoms with Gasteiger partial charge in [0.25, 0.3) is 0 Å². The van der Waals surface area contributed by atoms with Gasteiger partial charge in [0.2, 0.25) is 0 Å². The van der Waals surface area contributed by atoms with E-state index in [1.165, 1.54) is 0 Å². The van der Waals surface area contributed by atoms with Gasteiger partial charge in [-0.3, -0.25) is 9.48 Å². The molecule has 0 N–H and O–H groups in total. The van der Waals surface area contributed by atoms with Crippen molar-refractivity contribution in [2.45, 2.75) is 13.8 Å². The van der Waals surface area contributed by atoms with Gasteiger partial charge in [-0.05, 0) is 23.6 Å². The molecule has 1 aromatic rings. The van der Waals surface area contributed by atoms with Crippen molar-refractivity contribution in [2.24, 2.45) is 13.0 Å². The predicted molar refractivity (Wildman–Crippen MR) is 52.1 cm³/mol. The molecule has 3 nitrogen and oxygen atoms in total. The van der Waals surface area contributed by atoms with Crippen molar-refractivity contribution in [3.8, 4) is 0 Å². The van der Waals surface area contributed by atoms with E-state index >= 15 is 0 Å². The number of carbonyl (C=O) groups excluding carboxylic acids is 1. The highest BCUT2D eigenvalue weighted by molar-refractivity contribution is 5.81. The van der Waals surface area contributed by atoms with Gasteiger partial charge in [-0.2, -0.15) is 5.10 Å². The van der Waals surface area contributed by atoms with E-state index in [1.807, 2.05) is 33.0 Å².